The van der Waals surface area contributed by atoms with Crippen molar-refractivity contribution in [1.29, 1.82) is 0 Å². The van der Waals surface area contributed by atoms with Crippen molar-refractivity contribution in [3.05, 3.63) is 12.3 Å². The number of nitrogens with zero attached hydrogens (tertiary/aromatic N) is 3. The Kier molecular flexibility index (Phi) is 5.59. The number of hydrogen-bond acceptors (Lipinski definition) is 5. The SMILES string of the molecule is CCNCC1CCN(c2nccc(OC(C)C)n2)CC1. The summed E-state index contributed by atoms with van der Waals surface area (Å²) in [6, 6.07) is 1.82. The minimum atomic E-state index is 0.142. The zero-order valence-electron chi connectivity index (χ0n) is 12.8. The Hall–Kier alpha value is -1.36. The van der Waals surface area contributed by atoms with Gasteiger partial charge < -0.3 is 15.0 Å². The van der Waals surface area contributed by atoms with Gasteiger partial charge in [-0.05, 0) is 45.7 Å². The van der Waals surface area contributed by atoms with Crippen molar-refractivity contribution in [2.24, 2.45) is 5.92 Å². The highest BCUT2D eigenvalue weighted by molar-refractivity contribution is 5.32. The van der Waals surface area contributed by atoms with Gasteiger partial charge >= 0.3 is 0 Å². The Bertz CT molecular complexity index is 403. The number of rotatable bonds is 6. The van der Waals surface area contributed by atoms with Gasteiger partial charge in [0.15, 0.2) is 0 Å². The Labute approximate surface area is 121 Å². The first-order valence-corrected chi connectivity index (χ1v) is 7.64. The largest absolute Gasteiger partial charge is 0.475 e. The monoisotopic (exact) mass is 278 g/mol. The van der Waals surface area contributed by atoms with Crippen LogP contribution < -0.4 is 15.0 Å². The van der Waals surface area contributed by atoms with Gasteiger partial charge in [0, 0.05) is 25.4 Å². The summed E-state index contributed by atoms with van der Waals surface area (Å²) in [5.41, 5.74) is 0. The van der Waals surface area contributed by atoms with Crippen molar-refractivity contribution >= 4 is 5.95 Å². The maximum atomic E-state index is 5.63. The van der Waals surface area contributed by atoms with Gasteiger partial charge in [-0.3, -0.25) is 0 Å². The molecular weight excluding hydrogens is 252 g/mol. The van der Waals surface area contributed by atoms with Gasteiger partial charge in [0.25, 0.3) is 0 Å². The lowest BCUT2D eigenvalue weighted by Gasteiger charge is -2.32. The molecule has 0 saturated carbocycles. The van der Waals surface area contributed by atoms with Crippen LogP contribution >= 0.6 is 0 Å². The number of nitrogens with one attached hydrogen (secondary N) is 1. The van der Waals surface area contributed by atoms with Crippen molar-refractivity contribution in [2.45, 2.75) is 39.7 Å². The maximum absolute atomic E-state index is 5.63. The smallest absolute Gasteiger partial charge is 0.228 e. The molecule has 0 aromatic carbocycles. The summed E-state index contributed by atoms with van der Waals surface area (Å²) in [5.74, 6) is 2.24. The van der Waals surface area contributed by atoms with E-state index in [1.54, 1.807) is 6.20 Å². The molecule has 1 N–H and O–H groups in total. The summed E-state index contributed by atoms with van der Waals surface area (Å²) in [7, 11) is 0. The van der Waals surface area contributed by atoms with Crippen LogP contribution in [0.2, 0.25) is 0 Å². The molecule has 2 heterocycles. The molecule has 2 rings (SSSR count). The minimum absolute atomic E-state index is 0.142. The van der Waals surface area contributed by atoms with E-state index in [1.165, 1.54) is 12.8 Å². The van der Waals surface area contributed by atoms with E-state index >= 15 is 0 Å². The van der Waals surface area contributed by atoms with Crippen LogP contribution in [0.4, 0.5) is 5.95 Å². The highest BCUT2D eigenvalue weighted by atomic mass is 16.5. The van der Waals surface area contributed by atoms with Crippen molar-refractivity contribution in [2.75, 3.05) is 31.1 Å². The average Bonchev–Trinajstić information content (AvgIpc) is 2.45. The first kappa shape index (κ1) is 15.0. The zero-order chi connectivity index (χ0) is 14.4. The fourth-order valence-electron chi connectivity index (χ4n) is 2.48. The Morgan fingerprint density at radius 1 is 1.40 bits per heavy atom. The molecule has 5 nitrogen and oxygen atoms in total. The van der Waals surface area contributed by atoms with E-state index in [2.05, 4.69) is 27.1 Å². The lowest BCUT2D eigenvalue weighted by molar-refractivity contribution is 0.232. The van der Waals surface area contributed by atoms with Gasteiger partial charge in [-0.2, -0.15) is 4.98 Å². The molecule has 1 aliphatic heterocycles. The molecule has 1 fully saturated rings. The highest BCUT2D eigenvalue weighted by Gasteiger charge is 2.20. The topological polar surface area (TPSA) is 50.3 Å². The van der Waals surface area contributed by atoms with Crippen LogP contribution in [0.3, 0.4) is 0 Å². The van der Waals surface area contributed by atoms with E-state index in [9.17, 15) is 0 Å². The molecule has 1 saturated heterocycles. The van der Waals surface area contributed by atoms with Crippen LogP contribution in [0.15, 0.2) is 12.3 Å². The van der Waals surface area contributed by atoms with Gasteiger partial charge in [0.1, 0.15) is 0 Å². The molecule has 1 aromatic heterocycles. The van der Waals surface area contributed by atoms with Crippen molar-refractivity contribution in [3.63, 3.8) is 0 Å². The first-order valence-electron chi connectivity index (χ1n) is 7.64. The normalized spacial score (nSPS) is 16.7. The summed E-state index contributed by atoms with van der Waals surface area (Å²) in [6.07, 6.45) is 4.32. The van der Waals surface area contributed by atoms with Crippen LogP contribution in [0.25, 0.3) is 0 Å². The number of anilines is 1. The first-order chi connectivity index (χ1) is 9.69. The van der Waals surface area contributed by atoms with E-state index in [-0.39, 0.29) is 6.10 Å². The number of hydrogen-bond donors (Lipinski definition) is 1. The second kappa shape index (κ2) is 7.43. The fraction of sp³-hybridized carbons (Fsp3) is 0.733. The molecule has 20 heavy (non-hydrogen) atoms. The number of piperidine rings is 1. The van der Waals surface area contributed by atoms with Gasteiger partial charge in [-0.15, -0.1) is 0 Å². The van der Waals surface area contributed by atoms with Gasteiger partial charge in [0.2, 0.25) is 11.8 Å². The predicted octanol–water partition coefficient (Wildman–Crippen LogP) is 2.09. The quantitative estimate of drug-likeness (QED) is 0.863. The molecule has 1 aliphatic rings. The lowest BCUT2D eigenvalue weighted by Crippen LogP contribution is -2.38. The van der Waals surface area contributed by atoms with Crippen molar-refractivity contribution in [3.8, 4) is 5.88 Å². The Balaban J connectivity index is 1.89. The number of aromatic nitrogens is 2. The van der Waals surface area contributed by atoms with Crippen LogP contribution in [-0.4, -0.2) is 42.3 Å². The Morgan fingerprint density at radius 3 is 2.80 bits per heavy atom. The molecule has 0 atom stereocenters. The van der Waals surface area contributed by atoms with Gasteiger partial charge in [0.05, 0.1) is 6.10 Å². The Morgan fingerprint density at radius 2 is 2.15 bits per heavy atom. The summed E-state index contributed by atoms with van der Waals surface area (Å²) < 4.78 is 5.63. The fourth-order valence-corrected chi connectivity index (χ4v) is 2.48. The minimum Gasteiger partial charge on any atom is -0.475 e. The van der Waals surface area contributed by atoms with Crippen LogP contribution in [0.1, 0.15) is 33.6 Å². The van der Waals surface area contributed by atoms with Gasteiger partial charge in [-0.25, -0.2) is 4.98 Å². The second-order valence-electron chi connectivity index (χ2n) is 5.60. The summed E-state index contributed by atoms with van der Waals surface area (Å²) >= 11 is 0. The van der Waals surface area contributed by atoms with Crippen LogP contribution in [0.5, 0.6) is 5.88 Å². The number of ether oxygens (including phenoxy) is 1. The van der Waals surface area contributed by atoms with E-state index in [1.807, 2.05) is 19.9 Å². The molecule has 0 bridgehead atoms. The van der Waals surface area contributed by atoms with Gasteiger partial charge in [-0.1, -0.05) is 6.92 Å². The molecule has 0 amide bonds. The zero-order valence-corrected chi connectivity index (χ0v) is 12.8. The van der Waals surface area contributed by atoms with E-state index in [0.29, 0.717) is 5.88 Å². The molecule has 5 heteroatoms. The van der Waals surface area contributed by atoms with Crippen molar-refractivity contribution < 1.29 is 4.74 Å². The standard InChI is InChI=1S/C15H26N4O/c1-4-16-11-13-6-9-19(10-7-13)15-17-8-5-14(18-15)20-12(2)3/h5,8,12-13,16H,4,6-7,9-11H2,1-3H3. The van der Waals surface area contributed by atoms with Crippen LogP contribution in [-0.2, 0) is 0 Å². The summed E-state index contributed by atoms with van der Waals surface area (Å²) in [4.78, 5) is 11.1. The third-order valence-electron chi connectivity index (χ3n) is 3.55. The third kappa shape index (κ3) is 4.34. The highest BCUT2D eigenvalue weighted by Crippen LogP contribution is 2.21. The molecule has 1 aromatic rings. The molecule has 0 unspecified atom stereocenters. The molecule has 112 valence electrons. The second-order valence-corrected chi connectivity index (χ2v) is 5.60. The molecular formula is C15H26N4O. The van der Waals surface area contributed by atoms with E-state index in [4.69, 9.17) is 4.74 Å². The average molecular weight is 278 g/mol. The van der Waals surface area contributed by atoms with E-state index < -0.39 is 0 Å². The predicted molar refractivity (Wildman–Crippen MR) is 81.3 cm³/mol. The maximum Gasteiger partial charge on any atom is 0.228 e. The molecule has 0 radical (unpaired) electrons. The van der Waals surface area contributed by atoms with E-state index in [0.717, 1.165) is 38.0 Å². The summed E-state index contributed by atoms with van der Waals surface area (Å²) in [6.45, 7) is 10.4. The molecule has 0 spiro atoms. The third-order valence-corrected chi connectivity index (χ3v) is 3.55. The summed E-state index contributed by atoms with van der Waals surface area (Å²) in [5, 5.41) is 3.43. The lowest BCUT2D eigenvalue weighted by atomic mass is 9.97. The van der Waals surface area contributed by atoms with Crippen molar-refractivity contribution in [1.82, 2.24) is 15.3 Å². The van der Waals surface area contributed by atoms with Crippen LogP contribution in [0, 0.1) is 5.92 Å². The molecule has 0 aliphatic carbocycles.